The van der Waals surface area contributed by atoms with Crippen molar-refractivity contribution in [2.75, 3.05) is 33.2 Å². The molecule has 1 saturated carbocycles. The molecule has 3 rings (SSSR count). The van der Waals surface area contributed by atoms with E-state index < -0.39 is 0 Å². The lowest BCUT2D eigenvalue weighted by Crippen LogP contribution is -2.44. The Balaban J connectivity index is 1.43. The smallest absolute Gasteiger partial charge is 0.225 e. The molecule has 3 nitrogen and oxygen atoms in total. The number of hydrogen-bond acceptors (Lipinski definition) is 2. The van der Waals surface area contributed by atoms with Crippen molar-refractivity contribution >= 4 is 17.5 Å². The maximum atomic E-state index is 12.3. The van der Waals surface area contributed by atoms with Crippen LogP contribution in [0.1, 0.15) is 37.7 Å². The number of amides is 1. The van der Waals surface area contributed by atoms with Gasteiger partial charge >= 0.3 is 0 Å². The minimum Gasteiger partial charge on any atom is -0.345 e. The van der Waals surface area contributed by atoms with Crippen LogP contribution in [0, 0.1) is 11.8 Å². The highest BCUT2D eigenvalue weighted by molar-refractivity contribution is 6.30. The molecule has 1 atom stereocenters. The van der Waals surface area contributed by atoms with Gasteiger partial charge < -0.3 is 9.80 Å². The Kier molecular flexibility index (Phi) is 6.18. The molecule has 1 unspecified atom stereocenters. The molecule has 2 fully saturated rings. The average Bonchev–Trinajstić information content (AvgIpc) is 2.53. The summed E-state index contributed by atoms with van der Waals surface area (Å²) in [6, 6.07) is 8.18. The van der Waals surface area contributed by atoms with E-state index >= 15 is 0 Å². The molecule has 1 heterocycles. The molecule has 1 aromatic carbocycles. The van der Waals surface area contributed by atoms with Crippen molar-refractivity contribution in [3.05, 3.63) is 34.9 Å². The molecule has 1 saturated heterocycles. The van der Waals surface area contributed by atoms with Gasteiger partial charge in [-0.3, -0.25) is 4.79 Å². The van der Waals surface area contributed by atoms with Gasteiger partial charge in [-0.05, 0) is 62.3 Å². The van der Waals surface area contributed by atoms with E-state index in [4.69, 9.17) is 11.6 Å². The van der Waals surface area contributed by atoms with E-state index in [0.717, 1.165) is 43.9 Å². The van der Waals surface area contributed by atoms with Crippen LogP contribution in [0.25, 0.3) is 0 Å². The molecular formula is C20H29ClN2O. The molecule has 0 aromatic heterocycles. The van der Waals surface area contributed by atoms with Crippen molar-refractivity contribution in [2.24, 2.45) is 11.8 Å². The molecule has 0 N–H and O–H groups in total. The summed E-state index contributed by atoms with van der Waals surface area (Å²) in [6.07, 6.45) is 6.99. The molecular weight excluding hydrogens is 320 g/mol. The maximum absolute atomic E-state index is 12.3. The van der Waals surface area contributed by atoms with Gasteiger partial charge in [-0.25, -0.2) is 0 Å². The minimum absolute atomic E-state index is 0.319. The summed E-state index contributed by atoms with van der Waals surface area (Å²) in [4.78, 5) is 16.9. The molecule has 24 heavy (non-hydrogen) atoms. The molecule has 2 aliphatic rings. The third-order valence-electron chi connectivity index (χ3n) is 5.60. The lowest BCUT2D eigenvalue weighted by atomic mass is 9.84. The highest BCUT2D eigenvalue weighted by atomic mass is 35.5. The number of carbonyl (C=O) groups excluding carboxylic acids is 1. The fourth-order valence-electron chi connectivity index (χ4n) is 3.89. The fourth-order valence-corrected chi connectivity index (χ4v) is 4.01. The number of rotatable bonds is 6. The molecule has 0 radical (unpaired) electrons. The summed E-state index contributed by atoms with van der Waals surface area (Å²) in [5.41, 5.74) is 1.35. The summed E-state index contributed by atoms with van der Waals surface area (Å²) >= 11 is 5.95. The molecule has 0 bridgehead atoms. The lowest BCUT2D eigenvalue weighted by molar-refractivity contribution is -0.137. The number of piperidine rings is 1. The van der Waals surface area contributed by atoms with Gasteiger partial charge in [0.05, 0.1) is 0 Å². The molecule has 0 spiro atoms. The Morgan fingerprint density at radius 2 is 1.96 bits per heavy atom. The van der Waals surface area contributed by atoms with E-state index in [0.29, 0.717) is 17.7 Å². The highest BCUT2D eigenvalue weighted by Gasteiger charge is 2.29. The predicted octanol–water partition coefficient (Wildman–Crippen LogP) is 3.85. The van der Waals surface area contributed by atoms with Crippen LogP contribution in [0.15, 0.2) is 24.3 Å². The standard InChI is InChI=1S/C20H29ClN2O/c1-22(20(24)18-5-2-6-18)14-17-4-3-12-23(15-17)13-11-16-7-9-19(21)10-8-16/h7-10,17-18H,2-6,11-15H2,1H3. The number of benzene rings is 1. The number of carbonyl (C=O) groups is 1. The average molecular weight is 349 g/mol. The van der Waals surface area contributed by atoms with Crippen LogP contribution in [0.2, 0.25) is 5.02 Å². The van der Waals surface area contributed by atoms with Crippen molar-refractivity contribution in [2.45, 2.75) is 38.5 Å². The van der Waals surface area contributed by atoms with Crippen LogP contribution in [-0.4, -0.2) is 48.9 Å². The minimum atomic E-state index is 0.319. The maximum Gasteiger partial charge on any atom is 0.225 e. The Morgan fingerprint density at radius 1 is 1.21 bits per heavy atom. The van der Waals surface area contributed by atoms with E-state index in [1.807, 2.05) is 24.1 Å². The van der Waals surface area contributed by atoms with Crippen molar-refractivity contribution in [1.82, 2.24) is 9.80 Å². The first kappa shape index (κ1) is 17.8. The molecule has 1 amide bonds. The molecule has 132 valence electrons. The van der Waals surface area contributed by atoms with Crippen molar-refractivity contribution in [1.29, 1.82) is 0 Å². The second-order valence-electron chi connectivity index (χ2n) is 7.53. The second kappa shape index (κ2) is 8.35. The highest BCUT2D eigenvalue weighted by Crippen LogP contribution is 2.28. The SMILES string of the molecule is CN(CC1CCCN(CCc2ccc(Cl)cc2)C1)C(=O)C1CCC1. The monoisotopic (exact) mass is 348 g/mol. The van der Waals surface area contributed by atoms with E-state index in [2.05, 4.69) is 17.0 Å². The van der Waals surface area contributed by atoms with Gasteiger partial charge in [-0.15, -0.1) is 0 Å². The lowest BCUT2D eigenvalue weighted by Gasteiger charge is -2.36. The van der Waals surface area contributed by atoms with Gasteiger partial charge in [0.1, 0.15) is 0 Å². The van der Waals surface area contributed by atoms with Crippen LogP contribution in [-0.2, 0) is 11.2 Å². The van der Waals surface area contributed by atoms with Gasteiger partial charge in [-0.1, -0.05) is 30.2 Å². The predicted molar refractivity (Wildman–Crippen MR) is 99.3 cm³/mol. The first-order valence-electron chi connectivity index (χ1n) is 9.33. The Hall–Kier alpha value is -1.06. The first-order chi connectivity index (χ1) is 11.6. The molecule has 4 heteroatoms. The summed E-state index contributed by atoms with van der Waals surface area (Å²) in [7, 11) is 1.99. The van der Waals surface area contributed by atoms with Crippen LogP contribution in [0.4, 0.5) is 0 Å². The Morgan fingerprint density at radius 3 is 2.62 bits per heavy atom. The quantitative estimate of drug-likeness (QED) is 0.779. The van der Waals surface area contributed by atoms with Gasteiger partial charge in [0, 0.05) is 37.6 Å². The van der Waals surface area contributed by atoms with Crippen molar-refractivity contribution in [3.8, 4) is 0 Å². The topological polar surface area (TPSA) is 23.6 Å². The number of likely N-dealkylation sites (tertiary alicyclic amines) is 1. The third kappa shape index (κ3) is 4.73. The van der Waals surface area contributed by atoms with Gasteiger partial charge in [0.15, 0.2) is 0 Å². The summed E-state index contributed by atoms with van der Waals surface area (Å²) in [5, 5.41) is 0.802. The van der Waals surface area contributed by atoms with Crippen molar-refractivity contribution < 1.29 is 4.79 Å². The van der Waals surface area contributed by atoms with Crippen molar-refractivity contribution in [3.63, 3.8) is 0 Å². The number of halogens is 1. The molecule has 1 aliphatic carbocycles. The summed E-state index contributed by atoms with van der Waals surface area (Å²) in [5.74, 6) is 1.32. The molecule has 1 aromatic rings. The zero-order chi connectivity index (χ0) is 16.9. The third-order valence-corrected chi connectivity index (χ3v) is 5.85. The zero-order valence-electron chi connectivity index (χ0n) is 14.7. The Labute approximate surface area is 151 Å². The zero-order valence-corrected chi connectivity index (χ0v) is 15.5. The normalized spacial score (nSPS) is 22.2. The first-order valence-corrected chi connectivity index (χ1v) is 9.71. The fraction of sp³-hybridized carbons (Fsp3) is 0.650. The van der Waals surface area contributed by atoms with Crippen LogP contribution in [0.5, 0.6) is 0 Å². The number of nitrogens with zero attached hydrogens (tertiary/aromatic N) is 2. The summed E-state index contributed by atoms with van der Waals surface area (Å²) in [6.45, 7) is 4.32. The second-order valence-corrected chi connectivity index (χ2v) is 7.97. The van der Waals surface area contributed by atoms with Gasteiger partial charge in [0.25, 0.3) is 0 Å². The van der Waals surface area contributed by atoms with E-state index in [-0.39, 0.29) is 0 Å². The number of hydrogen-bond donors (Lipinski definition) is 0. The Bertz CT molecular complexity index is 541. The van der Waals surface area contributed by atoms with Crippen LogP contribution in [0.3, 0.4) is 0 Å². The largest absolute Gasteiger partial charge is 0.345 e. The van der Waals surface area contributed by atoms with E-state index in [1.54, 1.807) is 0 Å². The van der Waals surface area contributed by atoms with Gasteiger partial charge in [0.2, 0.25) is 5.91 Å². The van der Waals surface area contributed by atoms with E-state index in [1.165, 1.54) is 31.4 Å². The molecule has 1 aliphatic heterocycles. The van der Waals surface area contributed by atoms with Crippen LogP contribution >= 0.6 is 11.6 Å². The summed E-state index contributed by atoms with van der Waals surface area (Å²) < 4.78 is 0. The van der Waals surface area contributed by atoms with Crippen LogP contribution < -0.4 is 0 Å². The van der Waals surface area contributed by atoms with E-state index in [9.17, 15) is 4.79 Å². The van der Waals surface area contributed by atoms with Gasteiger partial charge in [-0.2, -0.15) is 0 Å².